The zero-order valence-electron chi connectivity index (χ0n) is 10.8. The van der Waals surface area contributed by atoms with Crippen molar-refractivity contribution in [3.8, 4) is 5.75 Å². The minimum absolute atomic E-state index is 0.0593. The number of hydrogen-bond acceptors (Lipinski definition) is 7. The van der Waals surface area contributed by atoms with Gasteiger partial charge in [0, 0.05) is 30.1 Å². The van der Waals surface area contributed by atoms with Crippen molar-refractivity contribution in [3.63, 3.8) is 0 Å². The van der Waals surface area contributed by atoms with Gasteiger partial charge in [0.25, 0.3) is 11.6 Å². The second-order valence-corrected chi connectivity index (χ2v) is 4.77. The lowest BCUT2D eigenvalue weighted by molar-refractivity contribution is -0.385. The number of amides is 1. The third-order valence-electron chi connectivity index (χ3n) is 2.45. The normalized spacial score (nSPS) is 10.6. The Labute approximate surface area is 132 Å². The van der Waals surface area contributed by atoms with Crippen LogP contribution in [0.3, 0.4) is 0 Å². The molecule has 1 heterocycles. The minimum atomic E-state index is -0.611. The van der Waals surface area contributed by atoms with E-state index in [4.69, 9.17) is 0 Å². The van der Waals surface area contributed by atoms with E-state index in [0.717, 1.165) is 18.3 Å². The van der Waals surface area contributed by atoms with Gasteiger partial charge < -0.3 is 5.11 Å². The van der Waals surface area contributed by atoms with Crippen molar-refractivity contribution in [2.75, 3.05) is 0 Å². The zero-order chi connectivity index (χ0) is 16.1. The summed E-state index contributed by atoms with van der Waals surface area (Å²) in [6.07, 6.45) is 5.11. The van der Waals surface area contributed by atoms with E-state index in [9.17, 15) is 20.0 Å². The predicted octanol–water partition coefficient (Wildman–Crippen LogP) is 1.62. The van der Waals surface area contributed by atoms with Gasteiger partial charge >= 0.3 is 0 Å². The molecule has 0 saturated carbocycles. The molecule has 10 heteroatoms. The Kier molecular flexibility index (Phi) is 4.73. The molecule has 0 radical (unpaired) electrons. The summed E-state index contributed by atoms with van der Waals surface area (Å²) in [6, 6.07) is 2.28. The molecule has 0 aliphatic heterocycles. The Hall–Kier alpha value is -2.88. The SMILES string of the molecule is O=C(N/N=C\c1cc([N+](=O)[O-])cc(Br)c1O)c1cnccn1. The summed E-state index contributed by atoms with van der Waals surface area (Å²) in [7, 11) is 0. The van der Waals surface area contributed by atoms with Gasteiger partial charge in [0.1, 0.15) is 11.4 Å². The fraction of sp³-hybridized carbons (Fsp3) is 0. The predicted molar refractivity (Wildman–Crippen MR) is 79.6 cm³/mol. The van der Waals surface area contributed by atoms with Crippen molar-refractivity contribution >= 4 is 33.7 Å². The van der Waals surface area contributed by atoms with Crippen LogP contribution < -0.4 is 5.43 Å². The third-order valence-corrected chi connectivity index (χ3v) is 3.06. The molecule has 1 aromatic heterocycles. The summed E-state index contributed by atoms with van der Waals surface area (Å²) in [4.78, 5) is 29.3. The summed E-state index contributed by atoms with van der Waals surface area (Å²) < 4.78 is 0.142. The molecule has 0 aliphatic carbocycles. The van der Waals surface area contributed by atoms with Gasteiger partial charge in [-0.05, 0) is 15.9 Å². The van der Waals surface area contributed by atoms with Crippen LogP contribution in [0.4, 0.5) is 5.69 Å². The highest BCUT2D eigenvalue weighted by Gasteiger charge is 2.13. The number of hydrogen-bond donors (Lipinski definition) is 2. The van der Waals surface area contributed by atoms with Crippen molar-refractivity contribution in [2.24, 2.45) is 5.10 Å². The van der Waals surface area contributed by atoms with Crippen LogP contribution in [0.25, 0.3) is 0 Å². The number of nitro groups is 1. The number of nitro benzene ring substituents is 1. The van der Waals surface area contributed by atoms with Crippen LogP contribution in [0, 0.1) is 10.1 Å². The standard InChI is InChI=1S/C12H8BrN5O4/c13-9-4-8(18(21)22)3-7(11(9)19)5-16-17-12(20)10-6-14-1-2-15-10/h1-6,19H,(H,17,20)/b16-5-. The fourth-order valence-corrected chi connectivity index (χ4v) is 1.91. The van der Waals surface area contributed by atoms with Gasteiger partial charge in [0.05, 0.1) is 21.8 Å². The number of phenolic OH excluding ortho intramolecular Hbond substituents is 1. The van der Waals surface area contributed by atoms with Crippen LogP contribution >= 0.6 is 15.9 Å². The largest absolute Gasteiger partial charge is 0.506 e. The lowest BCUT2D eigenvalue weighted by Gasteiger charge is -2.02. The monoisotopic (exact) mass is 365 g/mol. The number of aromatic nitrogens is 2. The maximum atomic E-state index is 11.7. The molecule has 9 nitrogen and oxygen atoms in total. The number of carbonyl (C=O) groups is 1. The van der Waals surface area contributed by atoms with Gasteiger partial charge in [-0.15, -0.1) is 0 Å². The van der Waals surface area contributed by atoms with Crippen LogP contribution in [0.2, 0.25) is 0 Å². The van der Waals surface area contributed by atoms with Crippen molar-refractivity contribution < 1.29 is 14.8 Å². The van der Waals surface area contributed by atoms with E-state index in [0.29, 0.717) is 0 Å². The van der Waals surface area contributed by atoms with Gasteiger partial charge in [-0.2, -0.15) is 5.10 Å². The molecule has 2 N–H and O–H groups in total. The molecule has 0 aliphatic rings. The molecule has 2 rings (SSSR count). The van der Waals surface area contributed by atoms with Gasteiger partial charge in [-0.25, -0.2) is 10.4 Å². The molecule has 112 valence electrons. The van der Waals surface area contributed by atoms with E-state index in [1.807, 2.05) is 0 Å². The smallest absolute Gasteiger partial charge is 0.291 e. The van der Waals surface area contributed by atoms with Gasteiger partial charge in [0.15, 0.2) is 0 Å². The molecule has 2 aromatic rings. The average molecular weight is 366 g/mol. The Morgan fingerprint density at radius 3 is 2.86 bits per heavy atom. The maximum absolute atomic E-state index is 11.7. The number of aromatic hydroxyl groups is 1. The van der Waals surface area contributed by atoms with Crippen molar-refractivity contribution in [3.05, 3.63) is 56.6 Å². The molecule has 0 bridgehead atoms. The van der Waals surface area contributed by atoms with Crippen LogP contribution in [0.1, 0.15) is 16.1 Å². The quantitative estimate of drug-likeness (QED) is 0.480. The highest BCUT2D eigenvalue weighted by molar-refractivity contribution is 9.10. The number of phenols is 1. The van der Waals surface area contributed by atoms with E-state index >= 15 is 0 Å². The Morgan fingerprint density at radius 1 is 1.45 bits per heavy atom. The molecule has 0 saturated heterocycles. The van der Waals surface area contributed by atoms with Gasteiger partial charge in [-0.1, -0.05) is 0 Å². The fourth-order valence-electron chi connectivity index (χ4n) is 1.44. The molecule has 1 amide bonds. The number of halogens is 1. The lowest BCUT2D eigenvalue weighted by atomic mass is 10.2. The Balaban J connectivity index is 2.17. The first kappa shape index (κ1) is 15.5. The summed E-state index contributed by atoms with van der Waals surface area (Å²) in [5, 5.41) is 24.2. The Bertz CT molecular complexity index is 751. The highest BCUT2D eigenvalue weighted by Crippen LogP contribution is 2.31. The lowest BCUT2D eigenvalue weighted by Crippen LogP contribution is -2.19. The van der Waals surface area contributed by atoms with E-state index in [1.165, 1.54) is 18.6 Å². The van der Waals surface area contributed by atoms with Crippen molar-refractivity contribution in [2.45, 2.75) is 0 Å². The molecule has 22 heavy (non-hydrogen) atoms. The molecule has 0 fully saturated rings. The third kappa shape index (κ3) is 3.61. The number of carbonyl (C=O) groups excluding carboxylic acids is 1. The molecule has 1 aromatic carbocycles. The summed E-state index contributed by atoms with van der Waals surface area (Å²) in [5.41, 5.74) is 2.07. The number of nitrogens with one attached hydrogen (secondary N) is 1. The van der Waals surface area contributed by atoms with Gasteiger partial charge in [0.2, 0.25) is 0 Å². The van der Waals surface area contributed by atoms with Crippen LogP contribution in [0.15, 0.2) is 40.3 Å². The van der Waals surface area contributed by atoms with Crippen LogP contribution in [0.5, 0.6) is 5.75 Å². The Morgan fingerprint density at radius 2 is 2.23 bits per heavy atom. The van der Waals surface area contributed by atoms with E-state index < -0.39 is 10.8 Å². The van der Waals surface area contributed by atoms with Crippen LogP contribution in [-0.2, 0) is 0 Å². The van der Waals surface area contributed by atoms with E-state index in [1.54, 1.807) is 0 Å². The first-order valence-corrected chi connectivity index (χ1v) is 6.54. The summed E-state index contributed by atoms with van der Waals surface area (Å²) >= 11 is 3.00. The van der Waals surface area contributed by atoms with E-state index in [2.05, 4.69) is 36.4 Å². The number of non-ortho nitro benzene ring substituents is 1. The van der Waals surface area contributed by atoms with Gasteiger partial charge in [-0.3, -0.25) is 19.9 Å². The molecule has 0 atom stereocenters. The topological polar surface area (TPSA) is 131 Å². The molecular weight excluding hydrogens is 358 g/mol. The molecule has 0 spiro atoms. The molecular formula is C12H8BrN5O4. The highest BCUT2D eigenvalue weighted by atomic mass is 79.9. The number of nitrogens with zero attached hydrogens (tertiary/aromatic N) is 4. The van der Waals surface area contributed by atoms with Crippen molar-refractivity contribution in [1.82, 2.24) is 15.4 Å². The first-order chi connectivity index (χ1) is 10.5. The zero-order valence-corrected chi connectivity index (χ0v) is 12.4. The van der Waals surface area contributed by atoms with Crippen molar-refractivity contribution in [1.29, 1.82) is 0 Å². The average Bonchev–Trinajstić information content (AvgIpc) is 2.51. The molecule has 0 unspecified atom stereocenters. The van der Waals surface area contributed by atoms with E-state index in [-0.39, 0.29) is 27.2 Å². The maximum Gasteiger partial charge on any atom is 0.291 e. The number of benzene rings is 1. The van der Waals surface area contributed by atoms with Crippen LogP contribution in [-0.4, -0.2) is 32.1 Å². The second-order valence-electron chi connectivity index (χ2n) is 3.91. The second kappa shape index (κ2) is 6.72. The number of hydrazone groups is 1. The summed E-state index contributed by atoms with van der Waals surface area (Å²) in [6.45, 7) is 0. The summed E-state index contributed by atoms with van der Waals surface area (Å²) in [5.74, 6) is -0.837. The first-order valence-electron chi connectivity index (χ1n) is 5.75. The minimum Gasteiger partial charge on any atom is -0.506 e. The number of rotatable bonds is 4.